The van der Waals surface area contributed by atoms with E-state index in [4.69, 9.17) is 0 Å². The molecular formula is C21H27N3O5S2. The van der Waals surface area contributed by atoms with E-state index in [1.54, 1.807) is 0 Å². The SMILES string of the molecule is Cc1cccc(C)c1NS(=O)(=O)c1ccc(NC(=O)C2CCCN(S(C)(=O)=O)C2)cc1. The third kappa shape index (κ3) is 5.63. The van der Waals surface area contributed by atoms with E-state index in [1.165, 1.54) is 28.6 Å². The summed E-state index contributed by atoms with van der Waals surface area (Å²) in [5, 5.41) is 2.75. The van der Waals surface area contributed by atoms with Crippen molar-refractivity contribution in [2.75, 3.05) is 29.4 Å². The fourth-order valence-corrected chi connectivity index (χ4v) is 5.70. The van der Waals surface area contributed by atoms with Gasteiger partial charge in [0.2, 0.25) is 15.9 Å². The standard InChI is InChI=1S/C21H27N3O5S2/c1-15-6-4-7-16(2)20(15)23-31(28,29)19-11-9-18(10-12-19)22-21(25)17-8-5-13-24(14-17)30(3,26)27/h4,6-7,9-12,17,23H,5,8,13-14H2,1-3H3,(H,22,25). The average molecular weight is 466 g/mol. The third-order valence-corrected chi connectivity index (χ3v) is 8.01. The minimum absolute atomic E-state index is 0.0778. The van der Waals surface area contributed by atoms with Crippen LogP contribution in [0.4, 0.5) is 11.4 Å². The summed E-state index contributed by atoms with van der Waals surface area (Å²) >= 11 is 0. The molecule has 1 heterocycles. The number of anilines is 2. The number of piperidine rings is 1. The van der Waals surface area contributed by atoms with E-state index < -0.39 is 26.0 Å². The van der Waals surface area contributed by atoms with E-state index in [-0.39, 0.29) is 17.3 Å². The van der Waals surface area contributed by atoms with Gasteiger partial charge in [-0.2, -0.15) is 0 Å². The predicted octanol–water partition coefficient (Wildman–Crippen LogP) is 2.71. The number of para-hydroxylation sites is 1. The molecule has 2 aromatic rings. The van der Waals surface area contributed by atoms with Gasteiger partial charge in [-0.05, 0) is 62.1 Å². The van der Waals surface area contributed by atoms with Crippen molar-refractivity contribution in [1.29, 1.82) is 0 Å². The second-order valence-corrected chi connectivity index (χ2v) is 11.5. The molecule has 1 atom stereocenters. The zero-order chi connectivity index (χ0) is 22.8. The van der Waals surface area contributed by atoms with Crippen molar-refractivity contribution < 1.29 is 21.6 Å². The van der Waals surface area contributed by atoms with E-state index in [0.717, 1.165) is 17.4 Å². The van der Waals surface area contributed by atoms with Crippen LogP contribution in [0.3, 0.4) is 0 Å². The number of carbonyl (C=O) groups is 1. The number of benzene rings is 2. The van der Waals surface area contributed by atoms with Gasteiger partial charge in [0, 0.05) is 18.8 Å². The molecule has 3 rings (SSSR count). The van der Waals surface area contributed by atoms with E-state index >= 15 is 0 Å². The summed E-state index contributed by atoms with van der Waals surface area (Å²) in [5.74, 6) is -0.727. The number of carbonyl (C=O) groups excluding carboxylic acids is 1. The topological polar surface area (TPSA) is 113 Å². The van der Waals surface area contributed by atoms with Crippen LogP contribution >= 0.6 is 0 Å². The lowest BCUT2D eigenvalue weighted by Crippen LogP contribution is -2.43. The molecule has 1 fully saturated rings. The number of sulfonamides is 2. The maximum Gasteiger partial charge on any atom is 0.261 e. The number of aryl methyl sites for hydroxylation is 2. The summed E-state index contributed by atoms with van der Waals surface area (Å²) in [4.78, 5) is 12.7. The first-order valence-corrected chi connectivity index (χ1v) is 13.3. The molecular weight excluding hydrogens is 438 g/mol. The Morgan fingerprint density at radius 3 is 2.19 bits per heavy atom. The van der Waals surface area contributed by atoms with Crippen molar-refractivity contribution >= 4 is 37.3 Å². The van der Waals surface area contributed by atoms with Gasteiger partial charge in [-0.15, -0.1) is 0 Å². The van der Waals surface area contributed by atoms with Gasteiger partial charge in [0.1, 0.15) is 0 Å². The second-order valence-electron chi connectivity index (χ2n) is 7.85. The summed E-state index contributed by atoms with van der Waals surface area (Å²) in [6, 6.07) is 11.4. The predicted molar refractivity (Wildman–Crippen MR) is 121 cm³/mol. The van der Waals surface area contributed by atoms with Crippen LogP contribution in [-0.2, 0) is 24.8 Å². The Balaban J connectivity index is 1.69. The van der Waals surface area contributed by atoms with Crippen molar-refractivity contribution in [2.24, 2.45) is 5.92 Å². The van der Waals surface area contributed by atoms with Gasteiger partial charge in [-0.3, -0.25) is 9.52 Å². The highest BCUT2D eigenvalue weighted by Gasteiger charge is 2.30. The van der Waals surface area contributed by atoms with Crippen molar-refractivity contribution in [3.63, 3.8) is 0 Å². The molecule has 0 aromatic heterocycles. The number of hydrogen-bond acceptors (Lipinski definition) is 5. The maximum atomic E-state index is 12.8. The molecule has 1 saturated heterocycles. The lowest BCUT2D eigenvalue weighted by Gasteiger charge is -2.30. The first-order chi connectivity index (χ1) is 14.5. The van der Waals surface area contributed by atoms with E-state index in [2.05, 4.69) is 10.0 Å². The molecule has 168 valence electrons. The Hall–Kier alpha value is -2.43. The average Bonchev–Trinajstić information content (AvgIpc) is 2.71. The Morgan fingerprint density at radius 2 is 1.61 bits per heavy atom. The number of nitrogens with zero attached hydrogens (tertiary/aromatic N) is 1. The quantitative estimate of drug-likeness (QED) is 0.681. The molecule has 0 aliphatic carbocycles. The van der Waals surface area contributed by atoms with Crippen LogP contribution in [0.2, 0.25) is 0 Å². The van der Waals surface area contributed by atoms with Gasteiger partial charge in [0.15, 0.2) is 0 Å². The van der Waals surface area contributed by atoms with Crippen LogP contribution in [0, 0.1) is 19.8 Å². The molecule has 0 bridgehead atoms. The van der Waals surface area contributed by atoms with Crippen LogP contribution < -0.4 is 10.0 Å². The molecule has 1 aliphatic heterocycles. The van der Waals surface area contributed by atoms with Gasteiger partial charge in [0.25, 0.3) is 10.0 Å². The van der Waals surface area contributed by atoms with Gasteiger partial charge in [-0.25, -0.2) is 21.1 Å². The molecule has 0 saturated carbocycles. The maximum absolute atomic E-state index is 12.8. The summed E-state index contributed by atoms with van der Waals surface area (Å²) < 4.78 is 52.9. The van der Waals surface area contributed by atoms with E-state index in [0.29, 0.717) is 30.8 Å². The highest BCUT2D eigenvalue weighted by Crippen LogP contribution is 2.25. The van der Waals surface area contributed by atoms with Gasteiger partial charge >= 0.3 is 0 Å². The summed E-state index contributed by atoms with van der Waals surface area (Å²) in [7, 11) is -7.12. The fourth-order valence-electron chi connectivity index (χ4n) is 3.59. The molecule has 0 radical (unpaired) electrons. The monoisotopic (exact) mass is 465 g/mol. The molecule has 10 heteroatoms. The number of hydrogen-bond donors (Lipinski definition) is 2. The fraction of sp³-hybridized carbons (Fsp3) is 0.381. The number of rotatable bonds is 6. The molecule has 8 nitrogen and oxygen atoms in total. The van der Waals surface area contributed by atoms with Crippen molar-refractivity contribution in [2.45, 2.75) is 31.6 Å². The van der Waals surface area contributed by atoms with Crippen LogP contribution in [0.1, 0.15) is 24.0 Å². The normalized spacial score (nSPS) is 17.8. The minimum atomic E-state index is -3.78. The molecule has 31 heavy (non-hydrogen) atoms. The Morgan fingerprint density at radius 1 is 1.00 bits per heavy atom. The lowest BCUT2D eigenvalue weighted by atomic mass is 9.99. The van der Waals surface area contributed by atoms with E-state index in [1.807, 2.05) is 32.0 Å². The van der Waals surface area contributed by atoms with E-state index in [9.17, 15) is 21.6 Å². The van der Waals surface area contributed by atoms with Crippen LogP contribution in [0.15, 0.2) is 47.4 Å². The van der Waals surface area contributed by atoms with Gasteiger partial charge in [-0.1, -0.05) is 18.2 Å². The Bertz CT molecular complexity index is 1160. The van der Waals surface area contributed by atoms with Crippen LogP contribution in [0.5, 0.6) is 0 Å². The molecule has 2 N–H and O–H groups in total. The Kier molecular flexibility index (Phi) is 6.73. The minimum Gasteiger partial charge on any atom is -0.326 e. The van der Waals surface area contributed by atoms with Crippen LogP contribution in [-0.4, -0.2) is 46.4 Å². The Labute approximate surface area is 183 Å². The van der Waals surface area contributed by atoms with Gasteiger partial charge in [0.05, 0.1) is 22.8 Å². The van der Waals surface area contributed by atoms with Crippen LogP contribution in [0.25, 0.3) is 0 Å². The smallest absolute Gasteiger partial charge is 0.261 e. The van der Waals surface area contributed by atoms with Crippen molar-refractivity contribution in [3.8, 4) is 0 Å². The zero-order valence-corrected chi connectivity index (χ0v) is 19.4. The first-order valence-electron chi connectivity index (χ1n) is 9.92. The van der Waals surface area contributed by atoms with Crippen molar-refractivity contribution in [3.05, 3.63) is 53.6 Å². The van der Waals surface area contributed by atoms with Crippen molar-refractivity contribution in [1.82, 2.24) is 4.31 Å². The highest BCUT2D eigenvalue weighted by molar-refractivity contribution is 7.92. The first kappa shape index (κ1) is 23.2. The zero-order valence-electron chi connectivity index (χ0n) is 17.8. The number of amides is 1. The highest BCUT2D eigenvalue weighted by atomic mass is 32.2. The summed E-state index contributed by atoms with van der Waals surface area (Å²) in [6.45, 7) is 4.23. The molecule has 1 unspecified atom stereocenters. The second kappa shape index (κ2) is 8.97. The van der Waals surface area contributed by atoms with Gasteiger partial charge < -0.3 is 5.32 Å². The lowest BCUT2D eigenvalue weighted by molar-refractivity contribution is -0.120. The summed E-state index contributed by atoms with van der Waals surface area (Å²) in [6.07, 6.45) is 2.36. The number of nitrogens with one attached hydrogen (secondary N) is 2. The molecule has 0 spiro atoms. The molecule has 2 aromatic carbocycles. The molecule has 1 aliphatic rings. The third-order valence-electron chi connectivity index (χ3n) is 5.37. The summed E-state index contributed by atoms with van der Waals surface area (Å²) in [5.41, 5.74) is 2.64. The molecule has 1 amide bonds. The largest absolute Gasteiger partial charge is 0.326 e.